The highest BCUT2D eigenvalue weighted by atomic mass is 79.9. The fourth-order valence-corrected chi connectivity index (χ4v) is 2.24. The molecule has 0 aliphatic carbocycles. The van der Waals surface area contributed by atoms with E-state index in [0.29, 0.717) is 17.6 Å². The number of hydrogen-bond acceptors (Lipinski definition) is 3. The van der Waals surface area contributed by atoms with E-state index in [1.54, 1.807) is 13.2 Å². The van der Waals surface area contributed by atoms with Gasteiger partial charge in [-0.2, -0.15) is 0 Å². The van der Waals surface area contributed by atoms with Gasteiger partial charge in [-0.1, -0.05) is 40.2 Å². The first kappa shape index (κ1) is 17.4. The summed E-state index contributed by atoms with van der Waals surface area (Å²) in [7, 11) is 1.64. The summed E-state index contributed by atoms with van der Waals surface area (Å²) in [5.74, 6) is -0.776. The Kier molecular flexibility index (Phi) is 6.55. The molecule has 2 rings (SSSR count). The highest BCUT2D eigenvalue weighted by Gasteiger charge is 2.07. The number of methoxy groups -OCH3 is 1. The third-order valence-corrected chi connectivity index (χ3v) is 3.57. The number of carbonyl (C=O) groups excluding carboxylic acids is 1. The largest absolute Gasteiger partial charge is 0.481 e. The maximum atomic E-state index is 13.6. The van der Waals surface area contributed by atoms with Crippen molar-refractivity contribution < 1.29 is 18.7 Å². The number of ether oxygens (including phenoxy) is 2. The molecule has 0 saturated heterocycles. The van der Waals surface area contributed by atoms with Crippen molar-refractivity contribution in [1.29, 1.82) is 0 Å². The van der Waals surface area contributed by atoms with Crippen LogP contribution in [-0.2, 0) is 22.7 Å². The average molecular weight is 382 g/mol. The monoisotopic (exact) mass is 381 g/mol. The van der Waals surface area contributed by atoms with Crippen LogP contribution < -0.4 is 10.1 Å². The first-order valence-electron chi connectivity index (χ1n) is 7.00. The fraction of sp³-hybridized carbons (Fsp3) is 0.235. The summed E-state index contributed by atoms with van der Waals surface area (Å²) in [6.45, 7) is 0.706. The molecular weight excluding hydrogens is 365 g/mol. The molecule has 2 aromatic rings. The van der Waals surface area contributed by atoms with Gasteiger partial charge < -0.3 is 14.8 Å². The summed E-state index contributed by atoms with van der Waals surface area (Å²) >= 11 is 3.16. The topological polar surface area (TPSA) is 47.6 Å². The van der Waals surface area contributed by atoms with Crippen molar-refractivity contribution in [2.24, 2.45) is 0 Å². The highest BCUT2D eigenvalue weighted by molar-refractivity contribution is 9.10. The van der Waals surface area contributed by atoms with Crippen LogP contribution in [0.5, 0.6) is 5.75 Å². The molecule has 0 unspecified atom stereocenters. The van der Waals surface area contributed by atoms with E-state index in [4.69, 9.17) is 9.47 Å². The quantitative estimate of drug-likeness (QED) is 0.798. The first-order chi connectivity index (χ1) is 11.1. The molecule has 4 nitrogen and oxygen atoms in total. The Balaban J connectivity index is 1.78. The van der Waals surface area contributed by atoms with Crippen molar-refractivity contribution in [2.75, 3.05) is 13.7 Å². The van der Waals surface area contributed by atoms with Gasteiger partial charge in [0.1, 0.15) is 0 Å². The minimum atomic E-state index is -0.513. The smallest absolute Gasteiger partial charge is 0.258 e. The second-order valence-corrected chi connectivity index (χ2v) is 5.81. The van der Waals surface area contributed by atoms with Crippen molar-refractivity contribution in [3.05, 3.63) is 63.9 Å². The molecule has 0 aromatic heterocycles. The van der Waals surface area contributed by atoms with Gasteiger partial charge in [0, 0.05) is 18.1 Å². The molecule has 0 radical (unpaired) electrons. The number of hydrogen-bond donors (Lipinski definition) is 1. The van der Waals surface area contributed by atoms with Gasteiger partial charge in [-0.05, 0) is 29.3 Å². The van der Waals surface area contributed by atoms with E-state index in [0.717, 1.165) is 11.1 Å². The van der Waals surface area contributed by atoms with Gasteiger partial charge in [0.2, 0.25) is 0 Å². The predicted molar refractivity (Wildman–Crippen MR) is 88.6 cm³/mol. The van der Waals surface area contributed by atoms with Gasteiger partial charge in [-0.3, -0.25) is 4.79 Å². The number of halogens is 2. The lowest BCUT2D eigenvalue weighted by molar-refractivity contribution is -0.123. The SMILES string of the molecule is COCc1ccc(CNC(=O)COc2ccc(Br)cc2F)cc1. The average Bonchev–Trinajstić information content (AvgIpc) is 2.54. The van der Waals surface area contributed by atoms with E-state index in [2.05, 4.69) is 21.2 Å². The van der Waals surface area contributed by atoms with Crippen molar-refractivity contribution in [2.45, 2.75) is 13.2 Å². The van der Waals surface area contributed by atoms with Crippen molar-refractivity contribution in [3.8, 4) is 5.75 Å². The molecule has 0 aliphatic heterocycles. The second kappa shape index (κ2) is 8.64. The van der Waals surface area contributed by atoms with E-state index in [1.807, 2.05) is 24.3 Å². The minimum absolute atomic E-state index is 0.0484. The number of benzene rings is 2. The maximum absolute atomic E-state index is 13.6. The molecule has 0 heterocycles. The highest BCUT2D eigenvalue weighted by Crippen LogP contribution is 2.21. The molecule has 0 atom stereocenters. The Morgan fingerprint density at radius 2 is 1.87 bits per heavy atom. The van der Waals surface area contributed by atoms with E-state index >= 15 is 0 Å². The van der Waals surface area contributed by atoms with Gasteiger partial charge in [-0.25, -0.2) is 4.39 Å². The fourth-order valence-electron chi connectivity index (χ4n) is 1.91. The molecule has 1 amide bonds. The molecule has 0 spiro atoms. The van der Waals surface area contributed by atoms with Gasteiger partial charge in [0.05, 0.1) is 6.61 Å². The Labute approximate surface area is 142 Å². The van der Waals surface area contributed by atoms with Crippen LogP contribution in [0.15, 0.2) is 46.9 Å². The van der Waals surface area contributed by atoms with Crippen LogP contribution in [0.2, 0.25) is 0 Å². The summed E-state index contributed by atoms with van der Waals surface area (Å²) in [6, 6.07) is 12.1. The zero-order chi connectivity index (χ0) is 16.7. The molecule has 122 valence electrons. The third-order valence-electron chi connectivity index (χ3n) is 3.08. The lowest BCUT2D eigenvalue weighted by Gasteiger charge is -2.09. The Morgan fingerprint density at radius 1 is 1.17 bits per heavy atom. The second-order valence-electron chi connectivity index (χ2n) is 4.89. The zero-order valence-corrected chi connectivity index (χ0v) is 14.2. The van der Waals surface area contributed by atoms with E-state index < -0.39 is 5.82 Å². The molecular formula is C17H17BrFNO3. The van der Waals surface area contributed by atoms with Crippen LogP contribution in [0.3, 0.4) is 0 Å². The Bertz CT molecular complexity index is 661. The van der Waals surface area contributed by atoms with E-state index in [-0.39, 0.29) is 18.3 Å². The third kappa shape index (κ3) is 5.65. The maximum Gasteiger partial charge on any atom is 0.258 e. The molecule has 6 heteroatoms. The van der Waals surface area contributed by atoms with Crippen molar-refractivity contribution in [1.82, 2.24) is 5.32 Å². The molecule has 0 fully saturated rings. The van der Waals surface area contributed by atoms with Crippen LogP contribution in [0.1, 0.15) is 11.1 Å². The molecule has 0 saturated carbocycles. The van der Waals surface area contributed by atoms with Gasteiger partial charge in [0.15, 0.2) is 18.2 Å². The van der Waals surface area contributed by atoms with Crippen LogP contribution in [0, 0.1) is 5.82 Å². The standard InChI is InChI=1S/C17H17BrFNO3/c1-22-10-13-4-2-12(3-5-13)9-20-17(21)11-23-16-7-6-14(18)8-15(16)19/h2-8H,9-11H2,1H3,(H,20,21). The number of rotatable bonds is 7. The van der Waals surface area contributed by atoms with Crippen LogP contribution in [0.25, 0.3) is 0 Å². The van der Waals surface area contributed by atoms with E-state index in [9.17, 15) is 9.18 Å². The lowest BCUT2D eigenvalue weighted by Crippen LogP contribution is -2.28. The molecule has 0 aliphatic rings. The summed E-state index contributed by atoms with van der Waals surface area (Å²) in [6.07, 6.45) is 0. The van der Waals surface area contributed by atoms with Crippen molar-refractivity contribution in [3.63, 3.8) is 0 Å². The number of amides is 1. The molecule has 0 bridgehead atoms. The van der Waals surface area contributed by atoms with Crippen LogP contribution in [0.4, 0.5) is 4.39 Å². The predicted octanol–water partition coefficient (Wildman–Crippen LogP) is 3.43. The summed E-state index contributed by atoms with van der Waals surface area (Å²) in [5, 5.41) is 2.72. The lowest BCUT2D eigenvalue weighted by atomic mass is 10.1. The molecule has 1 N–H and O–H groups in total. The molecule has 23 heavy (non-hydrogen) atoms. The Morgan fingerprint density at radius 3 is 2.52 bits per heavy atom. The van der Waals surface area contributed by atoms with Gasteiger partial charge >= 0.3 is 0 Å². The normalized spacial score (nSPS) is 10.4. The van der Waals surface area contributed by atoms with Crippen molar-refractivity contribution >= 4 is 21.8 Å². The summed E-state index contributed by atoms with van der Waals surface area (Å²) in [4.78, 5) is 11.7. The number of nitrogens with one attached hydrogen (secondary N) is 1. The summed E-state index contributed by atoms with van der Waals surface area (Å²) < 4.78 is 24.4. The summed E-state index contributed by atoms with van der Waals surface area (Å²) in [5.41, 5.74) is 2.03. The number of carbonyl (C=O) groups is 1. The Hall–Kier alpha value is -1.92. The van der Waals surface area contributed by atoms with E-state index in [1.165, 1.54) is 12.1 Å². The first-order valence-corrected chi connectivity index (χ1v) is 7.79. The van der Waals surface area contributed by atoms with Crippen LogP contribution in [-0.4, -0.2) is 19.6 Å². The van der Waals surface area contributed by atoms with Gasteiger partial charge in [-0.15, -0.1) is 0 Å². The molecule has 2 aromatic carbocycles. The zero-order valence-electron chi connectivity index (χ0n) is 12.6. The minimum Gasteiger partial charge on any atom is -0.481 e. The van der Waals surface area contributed by atoms with Crippen LogP contribution >= 0.6 is 15.9 Å². The van der Waals surface area contributed by atoms with Gasteiger partial charge in [0.25, 0.3) is 5.91 Å².